The number of fused-ring (bicyclic) bond motifs is 13. The van der Waals surface area contributed by atoms with E-state index in [9.17, 15) is 34.5 Å². The Morgan fingerprint density at radius 2 is 1.66 bits per heavy atom. The van der Waals surface area contributed by atoms with Crippen molar-refractivity contribution < 1.29 is 48.7 Å². The van der Waals surface area contributed by atoms with Gasteiger partial charge in [-0.15, -0.1) is 0 Å². The third-order valence-corrected chi connectivity index (χ3v) is 15.2. The van der Waals surface area contributed by atoms with Crippen LogP contribution in [-0.2, 0) is 23.9 Å². The SMILES string of the molecule is C/C1=C/C=C/C(C)CCC(O)C[C@H](OC(=O)CC(=O)N2CCN(CC3CCCCC3)CC2)CC/C=C/OC2(C)Oc3c(C)c(O)c4c(O)c(c5c(c4c3C2=O)NC2(CCN(CC(C)C)CC2)N=5)=NC1=O. The Hall–Kier alpha value is -5.32. The number of anilines is 1. The first-order chi connectivity index (χ1) is 33.4. The predicted molar refractivity (Wildman–Crippen MR) is 265 cm³/mol. The number of allylic oxidation sites excluding steroid dienone is 4. The Labute approximate surface area is 411 Å². The van der Waals surface area contributed by atoms with Crippen molar-refractivity contribution in [2.24, 2.45) is 27.7 Å². The number of amides is 2. The van der Waals surface area contributed by atoms with E-state index in [1.54, 1.807) is 37.0 Å². The Morgan fingerprint density at radius 3 is 2.37 bits per heavy atom. The summed E-state index contributed by atoms with van der Waals surface area (Å²) in [6.07, 6.45) is 15.9. The Balaban J connectivity index is 1.05. The second kappa shape index (κ2) is 21.6. The first-order valence-corrected chi connectivity index (χ1v) is 25.8. The zero-order chi connectivity index (χ0) is 49.9. The maximum atomic E-state index is 14.7. The van der Waals surface area contributed by atoms with Crippen molar-refractivity contribution in [3.63, 3.8) is 0 Å². The highest BCUT2D eigenvalue weighted by molar-refractivity contribution is 6.21. The number of hydrogen-bond acceptors (Lipinski definition) is 14. The molecule has 1 saturated carbocycles. The molecule has 380 valence electrons. The maximum absolute atomic E-state index is 14.7. The van der Waals surface area contributed by atoms with Crippen molar-refractivity contribution in [2.45, 2.75) is 149 Å². The van der Waals surface area contributed by atoms with E-state index in [2.05, 4.69) is 34.0 Å². The molecule has 1 spiro atoms. The molecule has 5 bridgehead atoms. The Kier molecular flexibility index (Phi) is 15.7. The van der Waals surface area contributed by atoms with E-state index in [1.807, 2.05) is 13.0 Å². The van der Waals surface area contributed by atoms with Gasteiger partial charge in [-0.2, -0.15) is 0 Å². The zero-order valence-electron chi connectivity index (χ0n) is 42.1. The number of benzene rings is 2. The van der Waals surface area contributed by atoms with Crippen LogP contribution in [0.15, 0.2) is 46.1 Å². The minimum absolute atomic E-state index is 0.0120. The Morgan fingerprint density at radius 1 is 0.929 bits per heavy atom. The third kappa shape index (κ3) is 11.2. The average Bonchev–Trinajstić information content (AvgIpc) is 3.82. The van der Waals surface area contributed by atoms with Crippen molar-refractivity contribution in [1.82, 2.24) is 14.7 Å². The van der Waals surface area contributed by atoms with Gasteiger partial charge in [-0.05, 0) is 76.2 Å². The summed E-state index contributed by atoms with van der Waals surface area (Å²) in [5.74, 6) is -3.50. The molecule has 2 aromatic carbocycles. The second-order valence-corrected chi connectivity index (χ2v) is 21.3. The minimum atomic E-state index is -1.88. The molecule has 3 fully saturated rings. The van der Waals surface area contributed by atoms with Gasteiger partial charge in [-0.25, -0.2) is 4.99 Å². The fraction of sp³-hybridized carbons (Fsp3) is 0.630. The highest BCUT2D eigenvalue weighted by atomic mass is 16.7. The molecule has 16 heteroatoms. The molecule has 2 amide bonds. The van der Waals surface area contributed by atoms with E-state index in [0.29, 0.717) is 63.2 Å². The number of ketones is 1. The zero-order valence-corrected chi connectivity index (χ0v) is 42.1. The van der Waals surface area contributed by atoms with E-state index in [4.69, 9.17) is 19.2 Å². The van der Waals surface area contributed by atoms with Gasteiger partial charge in [0.1, 0.15) is 40.4 Å². The van der Waals surface area contributed by atoms with Gasteiger partial charge in [0.25, 0.3) is 11.7 Å². The van der Waals surface area contributed by atoms with Crippen LogP contribution in [0.5, 0.6) is 17.2 Å². The molecule has 3 unspecified atom stereocenters. The van der Waals surface area contributed by atoms with Gasteiger partial charge in [0.05, 0.1) is 29.0 Å². The van der Waals surface area contributed by atoms with Gasteiger partial charge < -0.3 is 44.6 Å². The van der Waals surface area contributed by atoms with Gasteiger partial charge in [-0.1, -0.05) is 58.3 Å². The van der Waals surface area contributed by atoms with Crippen LogP contribution >= 0.6 is 0 Å². The number of carbonyl (C=O) groups excluding carboxylic acids is 4. The van der Waals surface area contributed by atoms with E-state index >= 15 is 0 Å². The number of rotatable bonds is 7. The van der Waals surface area contributed by atoms with Crippen molar-refractivity contribution in [3.8, 4) is 17.2 Å². The number of nitrogens with one attached hydrogen (secondary N) is 1. The number of Topliss-reactive ketones (excluding diaryl/α,β-unsaturated/α-hetero) is 1. The number of aliphatic hydroxyl groups excluding tert-OH is 1. The summed E-state index contributed by atoms with van der Waals surface area (Å²) in [5, 5.41) is 39.1. The van der Waals surface area contributed by atoms with Crippen LogP contribution in [0, 0.1) is 24.7 Å². The van der Waals surface area contributed by atoms with Crippen molar-refractivity contribution in [1.29, 1.82) is 0 Å². The lowest BCUT2D eigenvalue weighted by atomic mass is 9.89. The summed E-state index contributed by atoms with van der Waals surface area (Å²) in [6.45, 7) is 17.3. The van der Waals surface area contributed by atoms with E-state index in [0.717, 1.165) is 45.2 Å². The number of aromatic hydroxyl groups is 2. The molecular formula is C54H74N6O10. The number of piperidine rings is 1. The lowest BCUT2D eigenvalue weighted by molar-refractivity contribution is -0.155. The third-order valence-electron chi connectivity index (χ3n) is 15.2. The van der Waals surface area contributed by atoms with Crippen LogP contribution in [0.4, 0.5) is 5.69 Å². The average molecular weight is 967 g/mol. The molecule has 16 nitrogen and oxygen atoms in total. The summed E-state index contributed by atoms with van der Waals surface area (Å²) < 4.78 is 18.3. The fourth-order valence-corrected chi connectivity index (χ4v) is 11.1. The van der Waals surface area contributed by atoms with Crippen LogP contribution < -0.4 is 20.8 Å². The van der Waals surface area contributed by atoms with Crippen LogP contribution in [-0.4, -0.2) is 130 Å². The minimum Gasteiger partial charge on any atom is -0.507 e. The Bertz CT molecular complexity index is 2550. The summed E-state index contributed by atoms with van der Waals surface area (Å²) in [4.78, 5) is 71.5. The largest absolute Gasteiger partial charge is 0.507 e. The molecule has 70 heavy (non-hydrogen) atoms. The second-order valence-electron chi connectivity index (χ2n) is 21.3. The number of nitrogens with zero attached hydrogens (tertiary/aromatic N) is 5. The summed E-state index contributed by atoms with van der Waals surface area (Å²) >= 11 is 0. The number of aliphatic hydroxyl groups is 1. The standard InChI is InChI=1S/C54H74N6O10/c1-33(2)31-58-22-20-54(21-23-58)56-45-42-43-48(64)36(5)50-44(42)51(66)53(6,70-50)68-28-11-10-17-39(69-41(63)30-40(62)60-26-24-59(25-27-60)32-37-15-8-7-9-16-37)29-38(61)19-18-34(3)13-12-14-35(4)52(67)55-47(49(43)65)46(45)57-54/h11-14,28,33-34,37-39,56,61,64-65H,7-10,15-27,29-32H2,1-6H3/b13-12+,28-11+,35-14-,55-47?/t34?,38?,39-,53?/m1/s1. The summed E-state index contributed by atoms with van der Waals surface area (Å²) in [5.41, 5.74) is 0.0959. The van der Waals surface area contributed by atoms with Crippen LogP contribution in [0.1, 0.15) is 134 Å². The van der Waals surface area contributed by atoms with Gasteiger partial charge in [0.2, 0.25) is 5.91 Å². The highest BCUT2D eigenvalue weighted by Crippen LogP contribution is 2.51. The fourth-order valence-electron chi connectivity index (χ4n) is 11.1. The molecule has 0 radical (unpaired) electrons. The van der Waals surface area contributed by atoms with Gasteiger partial charge in [0.15, 0.2) is 5.75 Å². The molecule has 9 rings (SSSR count). The van der Waals surface area contributed by atoms with Gasteiger partial charge in [-0.3, -0.25) is 29.1 Å². The highest BCUT2D eigenvalue weighted by Gasteiger charge is 2.50. The molecule has 4 N–H and O–H groups in total. The lowest BCUT2D eigenvalue weighted by Crippen LogP contribution is -2.50. The van der Waals surface area contributed by atoms with Gasteiger partial charge >= 0.3 is 11.8 Å². The van der Waals surface area contributed by atoms with Crippen molar-refractivity contribution in [2.75, 3.05) is 57.7 Å². The van der Waals surface area contributed by atoms with Crippen LogP contribution in [0.2, 0.25) is 0 Å². The lowest BCUT2D eigenvalue weighted by Gasteiger charge is -2.38. The molecule has 0 aromatic heterocycles. The molecule has 7 aliphatic rings. The normalized spacial score (nSPS) is 27.8. The molecule has 2 saturated heterocycles. The van der Waals surface area contributed by atoms with Crippen LogP contribution in [0.25, 0.3) is 10.8 Å². The monoisotopic (exact) mass is 967 g/mol. The predicted octanol–water partition coefficient (Wildman–Crippen LogP) is 6.51. The van der Waals surface area contributed by atoms with E-state index in [1.165, 1.54) is 45.3 Å². The number of carbonyl (C=O) groups is 4. The molecule has 1 aliphatic carbocycles. The quantitative estimate of drug-likeness (QED) is 0.133. The number of esters is 1. The maximum Gasteiger partial charge on any atom is 0.315 e. The number of ether oxygens (including phenoxy) is 3. The smallest absolute Gasteiger partial charge is 0.315 e. The van der Waals surface area contributed by atoms with E-state index in [-0.39, 0.29) is 74.4 Å². The first kappa shape index (κ1) is 51.0. The topological polar surface area (TPSA) is 203 Å². The van der Waals surface area contributed by atoms with Crippen LogP contribution in [0.3, 0.4) is 0 Å². The number of piperazine rings is 1. The molecule has 6 heterocycles. The molecule has 2 aromatic rings. The molecule has 6 aliphatic heterocycles. The molecular weight excluding hydrogens is 893 g/mol. The van der Waals surface area contributed by atoms with E-state index < -0.39 is 47.1 Å². The number of phenols is 2. The summed E-state index contributed by atoms with van der Waals surface area (Å²) in [7, 11) is 0. The van der Waals surface area contributed by atoms with Crippen molar-refractivity contribution >= 4 is 40.0 Å². The number of phenolic OH excluding ortho intramolecular Hbond substituents is 2. The molecule has 4 atom stereocenters. The number of hydrogen-bond donors (Lipinski definition) is 4. The van der Waals surface area contributed by atoms with Crippen molar-refractivity contribution in [3.05, 3.63) is 58.0 Å². The summed E-state index contributed by atoms with van der Waals surface area (Å²) in [6, 6.07) is 0. The first-order valence-electron chi connectivity index (χ1n) is 25.8. The number of likely N-dealkylation sites (tertiary alicyclic amines) is 1. The van der Waals surface area contributed by atoms with Gasteiger partial charge in [0, 0.05) is 95.1 Å².